The van der Waals surface area contributed by atoms with Crippen molar-refractivity contribution >= 4 is 11.7 Å². The van der Waals surface area contributed by atoms with Crippen LogP contribution in [-0.4, -0.2) is 21.6 Å². The first-order valence-corrected chi connectivity index (χ1v) is 5.77. The van der Waals surface area contributed by atoms with E-state index in [2.05, 4.69) is 0 Å². The minimum Gasteiger partial charge on any atom is -0.484 e. The van der Waals surface area contributed by atoms with Gasteiger partial charge in [0.1, 0.15) is 5.60 Å². The summed E-state index contributed by atoms with van der Waals surface area (Å²) < 4.78 is 19.1. The van der Waals surface area contributed by atoms with Gasteiger partial charge in [-0.1, -0.05) is 0 Å². The Labute approximate surface area is 108 Å². The summed E-state index contributed by atoms with van der Waals surface area (Å²) in [5.41, 5.74) is -1.26. The summed E-state index contributed by atoms with van der Waals surface area (Å²) in [5.74, 6) is -2.01. The zero-order valence-electron chi connectivity index (χ0n) is 9.97. The third-order valence-corrected chi connectivity index (χ3v) is 3.19. The Morgan fingerprint density at radius 3 is 2.63 bits per heavy atom. The van der Waals surface area contributed by atoms with E-state index in [0.717, 1.165) is 24.6 Å². The van der Waals surface area contributed by atoms with Crippen molar-refractivity contribution in [3.63, 3.8) is 0 Å². The van der Waals surface area contributed by atoms with Crippen molar-refractivity contribution in [2.45, 2.75) is 31.3 Å². The van der Waals surface area contributed by atoms with Crippen molar-refractivity contribution < 1.29 is 24.0 Å². The van der Waals surface area contributed by atoms with Gasteiger partial charge in [-0.25, -0.2) is 4.39 Å². The standard InChI is InChI=1S/C12H12FNO5/c13-9-6-8(14(17)18)2-3-10(9)19-12(4-1-5-12)7-11(15)16/h2-3,6H,1,4-5,7H2,(H,15,16). The summed E-state index contributed by atoms with van der Waals surface area (Å²) in [4.78, 5) is 20.5. The van der Waals surface area contributed by atoms with E-state index in [-0.39, 0.29) is 17.9 Å². The molecule has 1 aliphatic carbocycles. The van der Waals surface area contributed by atoms with Gasteiger partial charge in [-0.15, -0.1) is 0 Å². The molecule has 0 atom stereocenters. The molecule has 1 aromatic rings. The van der Waals surface area contributed by atoms with Crippen LogP contribution >= 0.6 is 0 Å². The fourth-order valence-electron chi connectivity index (χ4n) is 2.08. The van der Waals surface area contributed by atoms with Crippen molar-refractivity contribution in [1.82, 2.24) is 0 Å². The van der Waals surface area contributed by atoms with Gasteiger partial charge in [-0.3, -0.25) is 14.9 Å². The molecule has 1 aromatic carbocycles. The smallest absolute Gasteiger partial charge is 0.307 e. The average molecular weight is 269 g/mol. The predicted octanol–water partition coefficient (Wildman–Crippen LogP) is 2.51. The number of hydrogen-bond acceptors (Lipinski definition) is 4. The zero-order valence-corrected chi connectivity index (χ0v) is 9.97. The molecular formula is C12H12FNO5. The van der Waals surface area contributed by atoms with Crippen LogP contribution in [0.5, 0.6) is 5.75 Å². The molecule has 0 spiro atoms. The van der Waals surface area contributed by atoms with Gasteiger partial charge in [0.05, 0.1) is 17.4 Å². The molecule has 1 aliphatic rings. The number of nitrogens with zero attached hydrogens (tertiary/aromatic N) is 1. The molecule has 1 N–H and O–H groups in total. The summed E-state index contributed by atoms with van der Waals surface area (Å²) in [7, 11) is 0. The number of aliphatic carboxylic acids is 1. The second-order valence-electron chi connectivity index (χ2n) is 4.58. The molecule has 0 unspecified atom stereocenters. The number of halogens is 1. The van der Waals surface area contributed by atoms with Crippen LogP contribution in [0.2, 0.25) is 0 Å². The summed E-state index contributed by atoms with van der Waals surface area (Å²) in [5, 5.41) is 19.3. The lowest BCUT2D eigenvalue weighted by atomic mass is 9.77. The minimum atomic E-state index is -1.01. The molecule has 1 saturated carbocycles. The molecule has 0 bridgehead atoms. The van der Waals surface area contributed by atoms with E-state index in [4.69, 9.17) is 9.84 Å². The maximum absolute atomic E-state index is 13.7. The van der Waals surface area contributed by atoms with Gasteiger partial charge in [-0.2, -0.15) is 0 Å². The average Bonchev–Trinajstić information content (AvgIpc) is 2.27. The first-order valence-electron chi connectivity index (χ1n) is 5.77. The molecule has 0 aromatic heterocycles. The van der Waals surface area contributed by atoms with Gasteiger partial charge in [0.2, 0.25) is 0 Å². The molecule has 0 radical (unpaired) electrons. The summed E-state index contributed by atoms with van der Waals surface area (Å²) in [6.45, 7) is 0. The number of nitro groups is 1. The lowest BCUT2D eigenvalue weighted by molar-refractivity contribution is -0.385. The van der Waals surface area contributed by atoms with E-state index in [1.165, 1.54) is 0 Å². The topological polar surface area (TPSA) is 89.7 Å². The Bertz CT molecular complexity index is 527. The lowest BCUT2D eigenvalue weighted by Crippen LogP contribution is -2.45. The number of carbonyl (C=O) groups is 1. The van der Waals surface area contributed by atoms with E-state index in [9.17, 15) is 19.3 Å². The molecule has 0 saturated heterocycles. The number of rotatable bonds is 5. The van der Waals surface area contributed by atoms with Crippen LogP contribution in [0, 0.1) is 15.9 Å². The molecule has 1 fully saturated rings. The van der Waals surface area contributed by atoms with Gasteiger partial charge in [-0.05, 0) is 25.3 Å². The van der Waals surface area contributed by atoms with Gasteiger partial charge in [0.15, 0.2) is 11.6 Å². The third kappa shape index (κ3) is 2.81. The van der Waals surface area contributed by atoms with Crippen molar-refractivity contribution in [3.05, 3.63) is 34.1 Å². The van der Waals surface area contributed by atoms with Crippen molar-refractivity contribution in [2.75, 3.05) is 0 Å². The van der Waals surface area contributed by atoms with Crippen LogP contribution in [0.1, 0.15) is 25.7 Å². The summed E-state index contributed by atoms with van der Waals surface area (Å²) >= 11 is 0. The fourth-order valence-corrected chi connectivity index (χ4v) is 2.08. The fraction of sp³-hybridized carbons (Fsp3) is 0.417. The van der Waals surface area contributed by atoms with Gasteiger partial charge in [0.25, 0.3) is 5.69 Å². The highest BCUT2D eigenvalue weighted by Crippen LogP contribution is 2.40. The van der Waals surface area contributed by atoms with Crippen LogP contribution in [0.3, 0.4) is 0 Å². The molecular weight excluding hydrogens is 257 g/mol. The molecule has 6 nitrogen and oxygen atoms in total. The van der Waals surface area contributed by atoms with E-state index in [1.807, 2.05) is 0 Å². The Morgan fingerprint density at radius 1 is 1.53 bits per heavy atom. The maximum Gasteiger partial charge on any atom is 0.307 e. The molecule has 19 heavy (non-hydrogen) atoms. The number of carboxylic acid groups (broad SMARTS) is 1. The molecule has 0 heterocycles. The van der Waals surface area contributed by atoms with Gasteiger partial charge < -0.3 is 9.84 Å². The first kappa shape index (κ1) is 13.3. The number of nitro benzene ring substituents is 1. The Kier molecular flexibility index (Phi) is 3.37. The normalized spacial score (nSPS) is 16.5. The van der Waals surface area contributed by atoms with Crippen LogP contribution in [-0.2, 0) is 4.79 Å². The number of non-ortho nitro benzene ring substituents is 1. The molecule has 102 valence electrons. The molecule has 0 amide bonds. The van der Waals surface area contributed by atoms with Gasteiger partial charge >= 0.3 is 5.97 Å². The number of hydrogen-bond donors (Lipinski definition) is 1. The second-order valence-corrected chi connectivity index (χ2v) is 4.58. The maximum atomic E-state index is 13.7. The van der Waals surface area contributed by atoms with Crippen molar-refractivity contribution in [1.29, 1.82) is 0 Å². The van der Waals surface area contributed by atoms with Crippen LogP contribution < -0.4 is 4.74 Å². The van der Waals surface area contributed by atoms with Crippen LogP contribution in [0.4, 0.5) is 10.1 Å². The monoisotopic (exact) mass is 269 g/mol. The first-order chi connectivity index (χ1) is 8.92. The molecule has 2 rings (SSSR count). The minimum absolute atomic E-state index is 0.147. The van der Waals surface area contributed by atoms with Crippen LogP contribution in [0.25, 0.3) is 0 Å². The lowest BCUT2D eigenvalue weighted by Gasteiger charge is -2.40. The van der Waals surface area contributed by atoms with E-state index >= 15 is 0 Å². The highest BCUT2D eigenvalue weighted by atomic mass is 19.1. The van der Waals surface area contributed by atoms with E-state index < -0.39 is 22.3 Å². The molecule has 0 aliphatic heterocycles. The SMILES string of the molecule is O=C(O)CC1(Oc2ccc([N+](=O)[O-])cc2F)CCC1. The Balaban J connectivity index is 2.18. The van der Waals surface area contributed by atoms with E-state index in [0.29, 0.717) is 12.8 Å². The summed E-state index contributed by atoms with van der Waals surface area (Å²) in [6, 6.07) is 3.06. The zero-order chi connectivity index (χ0) is 14.0. The largest absolute Gasteiger partial charge is 0.484 e. The molecule has 7 heteroatoms. The number of ether oxygens (including phenoxy) is 1. The number of carboxylic acids is 1. The van der Waals surface area contributed by atoms with Crippen molar-refractivity contribution in [2.24, 2.45) is 0 Å². The van der Waals surface area contributed by atoms with E-state index in [1.54, 1.807) is 0 Å². The van der Waals surface area contributed by atoms with Crippen LogP contribution in [0.15, 0.2) is 18.2 Å². The predicted molar refractivity (Wildman–Crippen MR) is 62.5 cm³/mol. The summed E-state index contributed by atoms with van der Waals surface area (Å²) in [6.07, 6.45) is 1.69. The van der Waals surface area contributed by atoms with Gasteiger partial charge in [0, 0.05) is 6.07 Å². The Morgan fingerprint density at radius 2 is 2.21 bits per heavy atom. The Hall–Kier alpha value is -2.18. The third-order valence-electron chi connectivity index (χ3n) is 3.19. The highest BCUT2D eigenvalue weighted by Gasteiger charge is 2.42. The highest BCUT2D eigenvalue weighted by molar-refractivity contribution is 5.68. The van der Waals surface area contributed by atoms with Crippen molar-refractivity contribution in [3.8, 4) is 5.75 Å². The second kappa shape index (κ2) is 4.83. The number of benzene rings is 1. The quantitative estimate of drug-likeness (QED) is 0.655.